The number of carbonyl (C=O) groups is 1. The molecule has 0 aliphatic rings. The van der Waals surface area contributed by atoms with Crippen LogP contribution >= 0.6 is 0 Å². The number of ketones is 1. The molecule has 31 heavy (non-hydrogen) atoms. The van der Waals surface area contributed by atoms with E-state index in [0.717, 1.165) is 11.1 Å². The summed E-state index contributed by atoms with van der Waals surface area (Å²) in [5.74, 6) is 0.601. The van der Waals surface area contributed by atoms with Crippen LogP contribution in [0.5, 0.6) is 11.8 Å². The summed E-state index contributed by atoms with van der Waals surface area (Å²) in [6, 6.07) is 29.9. The molecule has 4 rings (SSSR count). The monoisotopic (exact) mass is 410 g/mol. The van der Waals surface area contributed by atoms with Crippen LogP contribution in [-0.2, 0) is 5.41 Å². The fourth-order valence-corrected chi connectivity index (χ4v) is 3.80. The Kier molecular flexibility index (Phi) is 5.76. The van der Waals surface area contributed by atoms with Crippen molar-refractivity contribution in [1.29, 1.82) is 0 Å². The molecule has 5 heteroatoms. The van der Waals surface area contributed by atoms with Crippen molar-refractivity contribution >= 4 is 5.78 Å². The molecule has 0 fully saturated rings. The van der Waals surface area contributed by atoms with Gasteiger partial charge in [0.05, 0.1) is 19.9 Å². The highest BCUT2D eigenvalue weighted by Gasteiger charge is 2.46. The zero-order valence-electron chi connectivity index (χ0n) is 17.4. The van der Waals surface area contributed by atoms with E-state index in [1.54, 1.807) is 31.4 Å². The van der Waals surface area contributed by atoms with Gasteiger partial charge >= 0.3 is 0 Å². The number of pyridine rings is 2. The van der Waals surface area contributed by atoms with Crippen molar-refractivity contribution in [3.63, 3.8) is 0 Å². The minimum absolute atomic E-state index is 0.204. The molecule has 0 bridgehead atoms. The van der Waals surface area contributed by atoms with Crippen LogP contribution in [0.2, 0.25) is 0 Å². The van der Waals surface area contributed by atoms with Gasteiger partial charge in [0.2, 0.25) is 17.5 Å². The van der Waals surface area contributed by atoms with Gasteiger partial charge in [-0.15, -0.1) is 0 Å². The summed E-state index contributed by atoms with van der Waals surface area (Å²) < 4.78 is 10.7. The summed E-state index contributed by atoms with van der Waals surface area (Å²) in [5, 5.41) is 0. The van der Waals surface area contributed by atoms with Gasteiger partial charge < -0.3 is 9.47 Å². The molecule has 4 aromatic rings. The van der Waals surface area contributed by atoms with E-state index in [-0.39, 0.29) is 11.5 Å². The van der Waals surface area contributed by atoms with Gasteiger partial charge in [0.1, 0.15) is 11.1 Å². The lowest BCUT2D eigenvalue weighted by Crippen LogP contribution is -2.40. The predicted octanol–water partition coefficient (Wildman–Crippen LogP) is 4.71. The number of benzene rings is 2. The van der Waals surface area contributed by atoms with E-state index in [9.17, 15) is 4.79 Å². The first-order valence-electron chi connectivity index (χ1n) is 9.88. The molecule has 5 nitrogen and oxygen atoms in total. The van der Waals surface area contributed by atoms with E-state index in [4.69, 9.17) is 14.5 Å². The number of aromatic nitrogens is 2. The van der Waals surface area contributed by atoms with Gasteiger partial charge in [-0.2, -0.15) is 0 Å². The maximum Gasteiger partial charge on any atom is 0.213 e. The topological polar surface area (TPSA) is 61.3 Å². The maximum atomic E-state index is 14.3. The Balaban J connectivity index is 2.08. The third-order valence-electron chi connectivity index (χ3n) is 5.24. The van der Waals surface area contributed by atoms with E-state index < -0.39 is 5.41 Å². The van der Waals surface area contributed by atoms with Crippen LogP contribution in [0.4, 0.5) is 0 Å². The van der Waals surface area contributed by atoms with Crippen LogP contribution < -0.4 is 9.47 Å². The third-order valence-corrected chi connectivity index (χ3v) is 5.24. The number of Topliss-reactive ketones (excluding diaryl/α,β-unsaturated/α-hetero) is 1. The Morgan fingerprint density at radius 1 is 0.645 bits per heavy atom. The number of methoxy groups -OCH3 is 2. The molecule has 154 valence electrons. The largest absolute Gasteiger partial charge is 0.481 e. The molecule has 0 saturated carbocycles. The first kappa shape index (κ1) is 20.3. The van der Waals surface area contributed by atoms with Gasteiger partial charge in [-0.25, -0.2) is 9.97 Å². The zero-order chi connectivity index (χ0) is 21.7. The summed E-state index contributed by atoms with van der Waals surface area (Å²) in [4.78, 5) is 23.5. The molecule has 2 aromatic heterocycles. The second kappa shape index (κ2) is 8.79. The van der Waals surface area contributed by atoms with Crippen LogP contribution in [0.3, 0.4) is 0 Å². The van der Waals surface area contributed by atoms with Crippen molar-refractivity contribution in [2.45, 2.75) is 5.41 Å². The molecule has 0 aliphatic carbocycles. The summed E-state index contributed by atoms with van der Waals surface area (Å²) >= 11 is 0. The molecular formula is C26H22N2O3. The Morgan fingerprint density at radius 3 is 1.71 bits per heavy atom. The van der Waals surface area contributed by atoms with Crippen LogP contribution in [0.25, 0.3) is 0 Å². The lowest BCUT2D eigenvalue weighted by Gasteiger charge is -2.33. The number of hydrogen-bond acceptors (Lipinski definition) is 5. The molecule has 0 unspecified atom stereocenters. The van der Waals surface area contributed by atoms with E-state index in [1.807, 2.05) is 72.8 Å². The van der Waals surface area contributed by atoms with Crippen LogP contribution in [0.1, 0.15) is 27.3 Å². The molecule has 0 radical (unpaired) electrons. The second-order valence-electron chi connectivity index (χ2n) is 6.94. The van der Waals surface area contributed by atoms with Crippen molar-refractivity contribution in [1.82, 2.24) is 9.97 Å². The van der Waals surface area contributed by atoms with Crippen LogP contribution in [0, 0.1) is 0 Å². The smallest absolute Gasteiger partial charge is 0.213 e. The Morgan fingerprint density at radius 2 is 1.16 bits per heavy atom. The third kappa shape index (κ3) is 3.66. The number of rotatable bonds is 7. The van der Waals surface area contributed by atoms with Crippen molar-refractivity contribution in [2.24, 2.45) is 0 Å². The van der Waals surface area contributed by atoms with Gasteiger partial charge in [0, 0.05) is 12.1 Å². The Hall–Kier alpha value is -3.99. The van der Waals surface area contributed by atoms with Crippen molar-refractivity contribution in [2.75, 3.05) is 14.2 Å². The van der Waals surface area contributed by atoms with Gasteiger partial charge in [0.25, 0.3) is 0 Å². The highest BCUT2D eigenvalue weighted by molar-refractivity contribution is 6.07. The van der Waals surface area contributed by atoms with Crippen molar-refractivity contribution < 1.29 is 14.3 Å². The van der Waals surface area contributed by atoms with Gasteiger partial charge in [-0.3, -0.25) is 4.79 Å². The van der Waals surface area contributed by atoms with Gasteiger partial charge in [0.15, 0.2) is 0 Å². The highest BCUT2D eigenvalue weighted by Crippen LogP contribution is 2.41. The number of hydrogen-bond donors (Lipinski definition) is 0. The molecule has 0 spiro atoms. The zero-order valence-corrected chi connectivity index (χ0v) is 17.4. The minimum Gasteiger partial charge on any atom is -0.481 e. The average Bonchev–Trinajstić information content (AvgIpc) is 2.86. The molecule has 2 heterocycles. The number of nitrogens with zero attached hydrogens (tertiary/aromatic N) is 2. The molecule has 0 saturated heterocycles. The molecular weight excluding hydrogens is 388 g/mol. The summed E-state index contributed by atoms with van der Waals surface area (Å²) in [6.07, 6.45) is 0. The number of ether oxygens (including phenoxy) is 2. The molecule has 0 atom stereocenters. The summed E-state index contributed by atoms with van der Waals surface area (Å²) in [6.45, 7) is 0. The molecule has 0 N–H and O–H groups in total. The van der Waals surface area contributed by atoms with Gasteiger partial charge in [-0.05, 0) is 23.3 Å². The fraction of sp³-hybridized carbons (Fsp3) is 0.115. The summed E-state index contributed by atoms with van der Waals surface area (Å²) in [5.41, 5.74) is 1.19. The first-order chi connectivity index (χ1) is 15.2. The first-order valence-corrected chi connectivity index (χ1v) is 9.88. The Labute approximate surface area is 181 Å². The van der Waals surface area contributed by atoms with Gasteiger partial charge in [-0.1, -0.05) is 72.8 Å². The lowest BCUT2D eigenvalue weighted by molar-refractivity contribution is 0.0926. The van der Waals surface area contributed by atoms with Crippen LogP contribution in [-0.4, -0.2) is 30.0 Å². The number of carbonyl (C=O) groups excluding carboxylic acids is 1. The Bertz CT molecular complexity index is 1140. The second-order valence-corrected chi connectivity index (χ2v) is 6.94. The standard InChI is InChI=1S/C26H22N2O3/c1-30-23-17-9-15-21(27-23)25(29)26(19-11-5-3-6-12-19,20-13-7-4-8-14-20)22-16-10-18-24(28-22)31-2/h3-18H,1-2H3. The summed E-state index contributed by atoms with van der Waals surface area (Å²) in [7, 11) is 3.09. The fourth-order valence-electron chi connectivity index (χ4n) is 3.80. The normalized spacial score (nSPS) is 11.0. The SMILES string of the molecule is COc1cccc(C(=O)C(c2ccccc2)(c2ccccc2)c2cccc(OC)n2)n1. The average molecular weight is 410 g/mol. The quantitative estimate of drug-likeness (QED) is 0.413. The minimum atomic E-state index is -1.23. The molecule has 0 aliphatic heterocycles. The lowest BCUT2D eigenvalue weighted by atomic mass is 9.67. The van der Waals surface area contributed by atoms with Crippen molar-refractivity contribution in [3.05, 3.63) is 120 Å². The van der Waals surface area contributed by atoms with Crippen LogP contribution in [0.15, 0.2) is 97.1 Å². The van der Waals surface area contributed by atoms with E-state index >= 15 is 0 Å². The predicted molar refractivity (Wildman–Crippen MR) is 119 cm³/mol. The van der Waals surface area contributed by atoms with E-state index in [2.05, 4.69) is 4.98 Å². The van der Waals surface area contributed by atoms with E-state index in [1.165, 1.54) is 7.11 Å². The molecule has 2 aromatic carbocycles. The maximum absolute atomic E-state index is 14.3. The van der Waals surface area contributed by atoms with Crippen molar-refractivity contribution in [3.8, 4) is 11.8 Å². The molecule has 0 amide bonds. The van der Waals surface area contributed by atoms with E-state index in [0.29, 0.717) is 17.5 Å². The highest BCUT2D eigenvalue weighted by atomic mass is 16.5.